The summed E-state index contributed by atoms with van der Waals surface area (Å²) in [5.74, 6) is 0.430. The minimum absolute atomic E-state index is 0. The zero-order valence-electron chi connectivity index (χ0n) is 15.9. The van der Waals surface area contributed by atoms with Crippen LogP contribution in [0.1, 0.15) is 18.4 Å². The second-order valence-electron chi connectivity index (χ2n) is 6.27. The van der Waals surface area contributed by atoms with E-state index in [1.807, 2.05) is 30.3 Å². The number of hydrogen-bond donors (Lipinski definition) is 2. The number of amides is 1. The molecule has 1 aromatic carbocycles. The van der Waals surface area contributed by atoms with E-state index < -0.39 is 0 Å². The van der Waals surface area contributed by atoms with E-state index >= 15 is 0 Å². The van der Waals surface area contributed by atoms with Gasteiger partial charge in [-0.05, 0) is 24.8 Å². The number of hydrogen-bond acceptors (Lipinski definition) is 4. The maximum absolute atomic E-state index is 12.0. The predicted molar refractivity (Wildman–Crippen MR) is 116 cm³/mol. The SMILES string of the molecule is CN=C(NCC(=O)NCCc1ccccc1)N1CCC(C(=O)OC)CC1.I. The van der Waals surface area contributed by atoms with Crippen LogP contribution in [0, 0.1) is 5.92 Å². The third-order valence-corrected chi connectivity index (χ3v) is 4.53. The Morgan fingerprint density at radius 2 is 1.85 bits per heavy atom. The van der Waals surface area contributed by atoms with Gasteiger partial charge in [0, 0.05) is 26.7 Å². The minimum Gasteiger partial charge on any atom is -0.469 e. The molecule has 0 aromatic heterocycles. The highest BCUT2D eigenvalue weighted by Crippen LogP contribution is 2.18. The maximum atomic E-state index is 12.0. The topological polar surface area (TPSA) is 83.0 Å². The van der Waals surface area contributed by atoms with Gasteiger partial charge in [0.15, 0.2) is 5.96 Å². The van der Waals surface area contributed by atoms with Crippen molar-refractivity contribution < 1.29 is 14.3 Å². The minimum atomic E-state index is -0.148. The van der Waals surface area contributed by atoms with Gasteiger partial charge in [-0.3, -0.25) is 14.6 Å². The summed E-state index contributed by atoms with van der Waals surface area (Å²) in [5.41, 5.74) is 1.20. The van der Waals surface area contributed by atoms with E-state index in [4.69, 9.17) is 4.74 Å². The molecule has 0 unspecified atom stereocenters. The van der Waals surface area contributed by atoms with Crippen LogP contribution < -0.4 is 10.6 Å². The zero-order valence-corrected chi connectivity index (χ0v) is 18.3. The van der Waals surface area contributed by atoms with Crippen LogP contribution in [-0.4, -0.2) is 63.1 Å². The van der Waals surface area contributed by atoms with Crippen LogP contribution in [0.5, 0.6) is 0 Å². The summed E-state index contributed by atoms with van der Waals surface area (Å²) in [6, 6.07) is 10.1. The molecule has 2 N–H and O–H groups in total. The van der Waals surface area contributed by atoms with E-state index in [9.17, 15) is 9.59 Å². The van der Waals surface area contributed by atoms with E-state index in [0.29, 0.717) is 12.5 Å². The Bertz CT molecular complexity index is 617. The van der Waals surface area contributed by atoms with Gasteiger partial charge in [-0.1, -0.05) is 30.3 Å². The van der Waals surface area contributed by atoms with Crippen molar-refractivity contribution in [2.45, 2.75) is 19.3 Å². The summed E-state index contributed by atoms with van der Waals surface area (Å²) < 4.78 is 4.80. The van der Waals surface area contributed by atoms with Crippen LogP contribution in [0.4, 0.5) is 0 Å². The molecule has 1 saturated heterocycles. The van der Waals surface area contributed by atoms with Crippen molar-refractivity contribution in [2.75, 3.05) is 40.3 Å². The molecule has 8 heteroatoms. The van der Waals surface area contributed by atoms with E-state index in [1.165, 1.54) is 12.7 Å². The van der Waals surface area contributed by atoms with Gasteiger partial charge in [0.25, 0.3) is 0 Å². The predicted octanol–water partition coefficient (Wildman–Crippen LogP) is 1.42. The first kappa shape index (κ1) is 23.2. The summed E-state index contributed by atoms with van der Waals surface area (Å²) in [6.45, 7) is 2.22. The quantitative estimate of drug-likeness (QED) is 0.274. The molecular weight excluding hydrogens is 459 g/mol. The van der Waals surface area contributed by atoms with Gasteiger partial charge < -0.3 is 20.3 Å². The number of carbonyl (C=O) groups excluding carboxylic acids is 2. The number of benzene rings is 1. The molecule has 0 atom stereocenters. The van der Waals surface area contributed by atoms with Crippen molar-refractivity contribution in [3.05, 3.63) is 35.9 Å². The van der Waals surface area contributed by atoms with Crippen molar-refractivity contribution >= 4 is 41.8 Å². The molecule has 1 fully saturated rings. The summed E-state index contributed by atoms with van der Waals surface area (Å²) in [7, 11) is 3.12. The summed E-state index contributed by atoms with van der Waals surface area (Å²) in [4.78, 5) is 29.9. The Hall–Kier alpha value is -1.84. The molecule has 27 heavy (non-hydrogen) atoms. The van der Waals surface area contributed by atoms with Gasteiger partial charge in [-0.2, -0.15) is 0 Å². The molecule has 0 bridgehead atoms. The number of esters is 1. The molecule has 1 aliphatic heterocycles. The van der Waals surface area contributed by atoms with Crippen molar-refractivity contribution in [3.8, 4) is 0 Å². The van der Waals surface area contributed by atoms with Crippen LogP contribution in [-0.2, 0) is 20.7 Å². The third kappa shape index (κ3) is 7.74. The number of nitrogens with one attached hydrogen (secondary N) is 2. The first-order valence-corrected chi connectivity index (χ1v) is 8.98. The second kappa shape index (κ2) is 12.5. The first-order chi connectivity index (χ1) is 12.6. The second-order valence-corrected chi connectivity index (χ2v) is 6.27. The molecule has 150 valence electrons. The Morgan fingerprint density at radius 3 is 2.44 bits per heavy atom. The number of nitrogens with zero attached hydrogens (tertiary/aromatic N) is 2. The Balaban J connectivity index is 0.00000364. The molecule has 1 heterocycles. The number of aliphatic imine (C=N–C) groups is 1. The zero-order chi connectivity index (χ0) is 18.8. The summed E-state index contributed by atoms with van der Waals surface area (Å²) in [6.07, 6.45) is 2.27. The smallest absolute Gasteiger partial charge is 0.308 e. The lowest BCUT2D eigenvalue weighted by Gasteiger charge is -2.33. The highest BCUT2D eigenvalue weighted by atomic mass is 127. The van der Waals surface area contributed by atoms with Crippen molar-refractivity contribution in [1.82, 2.24) is 15.5 Å². The molecular formula is C19H29IN4O3. The fraction of sp³-hybridized carbons (Fsp3) is 0.526. The van der Waals surface area contributed by atoms with Gasteiger partial charge in [-0.15, -0.1) is 24.0 Å². The Kier molecular flexibility index (Phi) is 10.8. The van der Waals surface area contributed by atoms with E-state index in [-0.39, 0.29) is 48.3 Å². The number of ether oxygens (including phenoxy) is 1. The molecule has 0 aliphatic carbocycles. The van der Waals surface area contributed by atoms with E-state index in [2.05, 4.69) is 20.5 Å². The van der Waals surface area contributed by atoms with Crippen LogP contribution >= 0.6 is 24.0 Å². The van der Waals surface area contributed by atoms with Crippen LogP contribution in [0.2, 0.25) is 0 Å². The number of piperidine rings is 1. The highest BCUT2D eigenvalue weighted by molar-refractivity contribution is 14.0. The number of carbonyl (C=O) groups is 2. The molecule has 0 spiro atoms. The van der Waals surface area contributed by atoms with Crippen molar-refractivity contribution in [1.29, 1.82) is 0 Å². The molecule has 0 radical (unpaired) electrons. The van der Waals surface area contributed by atoms with Crippen molar-refractivity contribution in [3.63, 3.8) is 0 Å². The lowest BCUT2D eigenvalue weighted by atomic mass is 9.97. The van der Waals surface area contributed by atoms with Gasteiger partial charge in [0.05, 0.1) is 19.6 Å². The lowest BCUT2D eigenvalue weighted by molar-refractivity contribution is -0.146. The van der Waals surface area contributed by atoms with Gasteiger partial charge >= 0.3 is 5.97 Å². The number of likely N-dealkylation sites (tertiary alicyclic amines) is 1. The lowest BCUT2D eigenvalue weighted by Crippen LogP contribution is -2.49. The van der Waals surface area contributed by atoms with E-state index in [0.717, 1.165) is 32.4 Å². The average Bonchev–Trinajstić information content (AvgIpc) is 2.69. The maximum Gasteiger partial charge on any atom is 0.308 e. The monoisotopic (exact) mass is 488 g/mol. The fourth-order valence-corrected chi connectivity index (χ4v) is 3.04. The Labute approximate surface area is 178 Å². The van der Waals surface area contributed by atoms with Crippen LogP contribution in [0.15, 0.2) is 35.3 Å². The molecule has 1 aliphatic rings. The third-order valence-electron chi connectivity index (χ3n) is 4.53. The fourth-order valence-electron chi connectivity index (χ4n) is 3.04. The summed E-state index contributed by atoms with van der Waals surface area (Å²) >= 11 is 0. The first-order valence-electron chi connectivity index (χ1n) is 8.98. The van der Waals surface area contributed by atoms with Crippen LogP contribution in [0.25, 0.3) is 0 Å². The number of methoxy groups -OCH3 is 1. The Morgan fingerprint density at radius 1 is 1.19 bits per heavy atom. The number of rotatable bonds is 6. The van der Waals surface area contributed by atoms with E-state index in [1.54, 1.807) is 7.05 Å². The summed E-state index contributed by atoms with van der Waals surface area (Å²) in [5, 5.41) is 6.00. The highest BCUT2D eigenvalue weighted by Gasteiger charge is 2.27. The average molecular weight is 488 g/mol. The normalized spacial score (nSPS) is 14.9. The number of halogens is 1. The molecule has 0 saturated carbocycles. The van der Waals surface area contributed by atoms with Gasteiger partial charge in [-0.25, -0.2) is 0 Å². The number of guanidine groups is 1. The molecule has 1 amide bonds. The standard InChI is InChI=1S/C19H28N4O3.HI/c1-20-19(23-12-9-16(10-13-23)18(25)26-2)22-14-17(24)21-11-8-15-6-4-3-5-7-15;/h3-7,16H,8-14H2,1-2H3,(H,20,22)(H,21,24);1H. The van der Waals surface area contributed by atoms with Crippen LogP contribution in [0.3, 0.4) is 0 Å². The van der Waals surface area contributed by atoms with Crippen molar-refractivity contribution in [2.24, 2.45) is 10.9 Å². The van der Waals surface area contributed by atoms with Gasteiger partial charge in [0.1, 0.15) is 0 Å². The molecule has 1 aromatic rings. The molecule has 2 rings (SSSR count). The largest absolute Gasteiger partial charge is 0.469 e. The molecule has 7 nitrogen and oxygen atoms in total. The van der Waals surface area contributed by atoms with Gasteiger partial charge in [0.2, 0.25) is 5.91 Å².